The summed E-state index contributed by atoms with van der Waals surface area (Å²) >= 11 is 3.26. The molecule has 0 aromatic heterocycles. The third-order valence-corrected chi connectivity index (χ3v) is 2.15. The van der Waals surface area contributed by atoms with E-state index in [2.05, 4.69) is 15.9 Å². The molecule has 0 fully saturated rings. The Bertz CT molecular complexity index is 334. The van der Waals surface area contributed by atoms with Crippen molar-refractivity contribution < 1.29 is 4.39 Å². The summed E-state index contributed by atoms with van der Waals surface area (Å²) < 4.78 is 13.0. The van der Waals surface area contributed by atoms with Gasteiger partial charge in [0.05, 0.1) is 5.69 Å². The molecule has 3 heteroatoms. The molecule has 1 aromatic rings. The van der Waals surface area contributed by atoms with Crippen LogP contribution in [0.25, 0.3) is 6.08 Å². The van der Waals surface area contributed by atoms with Crippen LogP contribution in [0.4, 0.5) is 10.1 Å². The summed E-state index contributed by atoms with van der Waals surface area (Å²) in [5.74, 6) is -0.361. The van der Waals surface area contributed by atoms with Gasteiger partial charge < -0.3 is 5.73 Å². The second-order valence-corrected chi connectivity index (χ2v) is 3.43. The van der Waals surface area contributed by atoms with E-state index in [0.717, 1.165) is 16.5 Å². The summed E-state index contributed by atoms with van der Waals surface area (Å²) in [6.45, 7) is 1.91. The normalized spacial score (nSPS) is 11.0. The number of anilines is 1. The van der Waals surface area contributed by atoms with Gasteiger partial charge in [0.2, 0.25) is 0 Å². The van der Waals surface area contributed by atoms with Crippen LogP contribution in [0.3, 0.4) is 0 Å². The molecule has 0 aliphatic carbocycles. The van der Waals surface area contributed by atoms with E-state index in [4.69, 9.17) is 5.73 Å². The summed E-state index contributed by atoms with van der Waals surface area (Å²) in [6.07, 6.45) is 3.78. The molecule has 0 amide bonds. The molecule has 0 saturated carbocycles. The third-order valence-electron chi connectivity index (χ3n) is 1.77. The Morgan fingerprint density at radius 2 is 2.23 bits per heavy atom. The highest BCUT2D eigenvalue weighted by Gasteiger charge is 2.01. The highest BCUT2D eigenvalue weighted by molar-refractivity contribution is 9.09. The van der Waals surface area contributed by atoms with Crippen LogP contribution < -0.4 is 5.73 Å². The lowest BCUT2D eigenvalue weighted by Gasteiger charge is -2.02. The van der Waals surface area contributed by atoms with Crippen LogP contribution in [0.5, 0.6) is 0 Å². The third kappa shape index (κ3) is 2.56. The molecule has 0 aliphatic rings. The molecule has 0 bridgehead atoms. The summed E-state index contributed by atoms with van der Waals surface area (Å²) in [5, 5.41) is 0.762. The smallest absolute Gasteiger partial charge is 0.146 e. The number of hydrogen-bond donors (Lipinski definition) is 1. The second-order valence-electron chi connectivity index (χ2n) is 2.79. The van der Waals surface area contributed by atoms with Crippen molar-refractivity contribution in [2.45, 2.75) is 6.92 Å². The topological polar surface area (TPSA) is 26.0 Å². The number of nitrogens with two attached hydrogens (primary N) is 1. The predicted octanol–water partition coefficient (Wildman–Crippen LogP) is 3.12. The Morgan fingerprint density at radius 3 is 2.85 bits per heavy atom. The summed E-state index contributed by atoms with van der Waals surface area (Å²) in [5.41, 5.74) is 7.46. The number of alkyl halides is 1. The largest absolute Gasteiger partial charge is 0.396 e. The molecule has 0 saturated heterocycles. The SMILES string of the molecule is Cc1cc(N)c(F)cc1C=CCBr. The van der Waals surface area contributed by atoms with E-state index in [0.29, 0.717) is 0 Å². The highest BCUT2D eigenvalue weighted by Crippen LogP contribution is 2.18. The summed E-state index contributed by atoms with van der Waals surface area (Å²) in [6, 6.07) is 3.09. The van der Waals surface area contributed by atoms with Gasteiger partial charge in [0.15, 0.2) is 0 Å². The van der Waals surface area contributed by atoms with Crippen molar-refractivity contribution in [2.24, 2.45) is 0 Å². The van der Waals surface area contributed by atoms with Crippen molar-refractivity contribution in [1.82, 2.24) is 0 Å². The fourth-order valence-electron chi connectivity index (χ4n) is 1.07. The highest BCUT2D eigenvalue weighted by atomic mass is 79.9. The van der Waals surface area contributed by atoms with Gasteiger partial charge in [-0.05, 0) is 30.2 Å². The Balaban J connectivity index is 3.08. The fraction of sp³-hybridized carbons (Fsp3) is 0.200. The molecular formula is C10H11BrFN. The monoisotopic (exact) mass is 243 g/mol. The Labute approximate surface area is 85.6 Å². The van der Waals surface area contributed by atoms with Crippen molar-refractivity contribution in [3.05, 3.63) is 35.2 Å². The van der Waals surface area contributed by atoms with Gasteiger partial charge in [0, 0.05) is 5.33 Å². The molecule has 70 valence electrons. The lowest BCUT2D eigenvalue weighted by molar-refractivity contribution is 0.632. The van der Waals surface area contributed by atoms with Gasteiger partial charge in [0.1, 0.15) is 5.82 Å². The van der Waals surface area contributed by atoms with E-state index < -0.39 is 0 Å². The van der Waals surface area contributed by atoms with Gasteiger partial charge in [-0.15, -0.1) is 0 Å². The Kier molecular flexibility index (Phi) is 3.48. The minimum absolute atomic E-state index is 0.202. The zero-order chi connectivity index (χ0) is 9.84. The number of allylic oxidation sites excluding steroid dienone is 1. The van der Waals surface area contributed by atoms with Crippen LogP contribution in [-0.4, -0.2) is 5.33 Å². The zero-order valence-corrected chi connectivity index (χ0v) is 8.94. The van der Waals surface area contributed by atoms with E-state index >= 15 is 0 Å². The first kappa shape index (κ1) is 10.3. The fourth-order valence-corrected chi connectivity index (χ4v) is 1.26. The minimum Gasteiger partial charge on any atom is -0.396 e. The molecule has 1 rings (SSSR count). The number of aryl methyl sites for hydroxylation is 1. The molecular weight excluding hydrogens is 233 g/mol. The number of nitrogen functional groups attached to an aromatic ring is 1. The van der Waals surface area contributed by atoms with Gasteiger partial charge in [0.25, 0.3) is 0 Å². The van der Waals surface area contributed by atoms with E-state index in [1.807, 2.05) is 19.1 Å². The van der Waals surface area contributed by atoms with Crippen molar-refractivity contribution in [3.63, 3.8) is 0 Å². The maximum absolute atomic E-state index is 13.0. The maximum Gasteiger partial charge on any atom is 0.146 e. The summed E-state index contributed by atoms with van der Waals surface area (Å²) in [4.78, 5) is 0. The average molecular weight is 244 g/mol. The quantitative estimate of drug-likeness (QED) is 0.627. The first-order valence-electron chi connectivity index (χ1n) is 3.93. The molecule has 0 atom stereocenters. The van der Waals surface area contributed by atoms with E-state index in [1.54, 1.807) is 6.07 Å². The van der Waals surface area contributed by atoms with E-state index in [1.165, 1.54) is 6.07 Å². The van der Waals surface area contributed by atoms with Crippen molar-refractivity contribution >= 4 is 27.7 Å². The molecule has 0 unspecified atom stereocenters. The maximum atomic E-state index is 13.0. The standard InChI is InChI=1S/C10H11BrFN/c1-7-5-10(13)9(12)6-8(7)3-2-4-11/h2-3,5-6H,4,13H2,1H3. The first-order valence-corrected chi connectivity index (χ1v) is 5.05. The predicted molar refractivity (Wildman–Crippen MR) is 58.4 cm³/mol. The zero-order valence-electron chi connectivity index (χ0n) is 7.35. The second kappa shape index (κ2) is 4.42. The Morgan fingerprint density at radius 1 is 1.54 bits per heavy atom. The van der Waals surface area contributed by atoms with Crippen LogP contribution >= 0.6 is 15.9 Å². The van der Waals surface area contributed by atoms with E-state index in [-0.39, 0.29) is 11.5 Å². The number of hydrogen-bond acceptors (Lipinski definition) is 1. The molecule has 1 nitrogen and oxygen atoms in total. The lowest BCUT2D eigenvalue weighted by Crippen LogP contribution is -1.93. The molecule has 0 heterocycles. The Hall–Kier alpha value is -0.830. The summed E-state index contributed by atoms with van der Waals surface area (Å²) in [7, 11) is 0. The van der Waals surface area contributed by atoms with Crippen molar-refractivity contribution in [1.29, 1.82) is 0 Å². The van der Waals surface area contributed by atoms with Crippen LogP contribution in [0.1, 0.15) is 11.1 Å². The van der Waals surface area contributed by atoms with Crippen molar-refractivity contribution in [2.75, 3.05) is 11.1 Å². The van der Waals surface area contributed by atoms with E-state index in [9.17, 15) is 4.39 Å². The van der Waals surface area contributed by atoms with Gasteiger partial charge in [-0.3, -0.25) is 0 Å². The molecule has 0 radical (unpaired) electrons. The first-order chi connectivity index (χ1) is 6.15. The molecule has 2 N–H and O–H groups in total. The van der Waals surface area contributed by atoms with Crippen LogP contribution in [0, 0.1) is 12.7 Å². The number of benzene rings is 1. The van der Waals surface area contributed by atoms with Crippen LogP contribution in [0.15, 0.2) is 18.2 Å². The van der Waals surface area contributed by atoms with Crippen molar-refractivity contribution in [3.8, 4) is 0 Å². The van der Waals surface area contributed by atoms with Crippen LogP contribution in [-0.2, 0) is 0 Å². The lowest BCUT2D eigenvalue weighted by atomic mass is 10.1. The van der Waals surface area contributed by atoms with Crippen LogP contribution in [0.2, 0.25) is 0 Å². The van der Waals surface area contributed by atoms with Gasteiger partial charge in [-0.25, -0.2) is 4.39 Å². The average Bonchev–Trinajstić information content (AvgIpc) is 2.09. The minimum atomic E-state index is -0.361. The van der Waals surface area contributed by atoms with Gasteiger partial charge >= 0.3 is 0 Å². The molecule has 0 spiro atoms. The number of rotatable bonds is 2. The molecule has 13 heavy (non-hydrogen) atoms. The number of halogens is 2. The molecule has 0 aliphatic heterocycles. The van der Waals surface area contributed by atoms with Gasteiger partial charge in [-0.2, -0.15) is 0 Å². The molecule has 1 aromatic carbocycles. The van der Waals surface area contributed by atoms with Gasteiger partial charge in [-0.1, -0.05) is 28.1 Å².